The predicted octanol–water partition coefficient (Wildman–Crippen LogP) is 3.86. The molecular formula is C24H32O7. The number of Topliss-reactive ketones (excluding diaryl/α,β-unsaturated/α-hetero) is 1. The van der Waals surface area contributed by atoms with Gasteiger partial charge in [0, 0.05) is 18.1 Å². The average molecular weight is 433 g/mol. The van der Waals surface area contributed by atoms with Crippen LogP contribution in [0.5, 0.6) is 0 Å². The second-order valence-corrected chi connectivity index (χ2v) is 9.80. The Hall–Kier alpha value is -2.15. The Morgan fingerprint density at radius 2 is 2.03 bits per heavy atom. The van der Waals surface area contributed by atoms with Crippen LogP contribution in [0, 0.1) is 28.6 Å². The van der Waals surface area contributed by atoms with Crippen molar-refractivity contribution in [3.8, 4) is 0 Å². The molecule has 0 radical (unpaired) electrons. The summed E-state index contributed by atoms with van der Waals surface area (Å²) in [6, 6.07) is 1.79. The highest BCUT2D eigenvalue weighted by Crippen LogP contribution is 2.65. The first kappa shape index (κ1) is 22.1. The van der Waals surface area contributed by atoms with Crippen LogP contribution < -0.4 is 0 Å². The lowest BCUT2D eigenvalue weighted by Crippen LogP contribution is -2.64. The smallest absolute Gasteiger partial charge is 0.310 e. The maximum Gasteiger partial charge on any atom is 0.310 e. The van der Waals surface area contributed by atoms with Crippen molar-refractivity contribution in [2.45, 2.75) is 65.1 Å². The summed E-state index contributed by atoms with van der Waals surface area (Å²) in [5, 5.41) is 0. The molecule has 2 unspecified atom stereocenters. The van der Waals surface area contributed by atoms with Crippen molar-refractivity contribution in [3.63, 3.8) is 0 Å². The number of furan rings is 1. The Bertz CT molecular complexity index is 846. The fraction of sp³-hybridized carbons (Fsp3) is 0.708. The Morgan fingerprint density at radius 1 is 1.26 bits per heavy atom. The van der Waals surface area contributed by atoms with Gasteiger partial charge < -0.3 is 18.6 Å². The molecule has 0 N–H and O–H groups in total. The van der Waals surface area contributed by atoms with Gasteiger partial charge in [-0.15, -0.1) is 0 Å². The minimum atomic E-state index is -0.664. The monoisotopic (exact) mass is 432 g/mol. The summed E-state index contributed by atoms with van der Waals surface area (Å²) in [6.07, 6.45) is 4.78. The van der Waals surface area contributed by atoms with Gasteiger partial charge in [-0.25, -0.2) is 0 Å². The second kappa shape index (κ2) is 8.08. The van der Waals surface area contributed by atoms with E-state index < -0.39 is 34.9 Å². The maximum atomic E-state index is 13.8. The number of esters is 2. The standard InChI is InChI=1S/C24H32O7/c1-5-9-30-17-11-16(21(26)28-4)23(2)8-6-15-22(27)31-18(14-7-10-29-13-14)12-24(15,3)20(23)19(17)25/h7,10,13,15-18,20H,5-6,8-9,11-12H2,1-4H3/t15?,16-,17-,18-,20?,23-,24-/m0/s1. The first-order valence-electron chi connectivity index (χ1n) is 11.2. The highest BCUT2D eigenvalue weighted by molar-refractivity contribution is 5.92. The molecule has 3 fully saturated rings. The third-order valence-corrected chi connectivity index (χ3v) is 8.03. The molecule has 1 aromatic heterocycles. The van der Waals surface area contributed by atoms with Crippen LogP contribution in [0.3, 0.4) is 0 Å². The Balaban J connectivity index is 1.77. The van der Waals surface area contributed by atoms with Crippen molar-refractivity contribution in [2.75, 3.05) is 13.7 Å². The molecule has 31 heavy (non-hydrogen) atoms. The third-order valence-electron chi connectivity index (χ3n) is 8.03. The zero-order chi connectivity index (χ0) is 22.4. The van der Waals surface area contributed by atoms with Crippen LogP contribution in [0.2, 0.25) is 0 Å². The molecule has 0 spiro atoms. The Morgan fingerprint density at radius 3 is 2.68 bits per heavy atom. The number of ketones is 1. The maximum absolute atomic E-state index is 13.8. The second-order valence-electron chi connectivity index (χ2n) is 9.80. The van der Waals surface area contributed by atoms with Gasteiger partial charge in [0.05, 0.1) is 31.5 Å². The van der Waals surface area contributed by atoms with Gasteiger partial charge in [0.2, 0.25) is 0 Å². The Kier molecular flexibility index (Phi) is 5.75. The summed E-state index contributed by atoms with van der Waals surface area (Å²) in [5.41, 5.74) is -0.464. The molecule has 7 heteroatoms. The highest BCUT2D eigenvalue weighted by atomic mass is 16.5. The molecule has 7 nitrogen and oxygen atoms in total. The van der Waals surface area contributed by atoms with Crippen molar-refractivity contribution in [1.82, 2.24) is 0 Å². The lowest BCUT2D eigenvalue weighted by atomic mass is 9.43. The van der Waals surface area contributed by atoms with E-state index in [1.54, 1.807) is 18.6 Å². The number of fused-ring (bicyclic) bond motifs is 3. The minimum absolute atomic E-state index is 0.00365. The number of carbonyl (C=O) groups is 3. The number of hydrogen-bond donors (Lipinski definition) is 0. The lowest BCUT2D eigenvalue weighted by Gasteiger charge is -2.61. The minimum Gasteiger partial charge on any atom is -0.472 e. The molecule has 2 aliphatic carbocycles. The van der Waals surface area contributed by atoms with Crippen molar-refractivity contribution < 1.29 is 33.0 Å². The fourth-order valence-electron chi connectivity index (χ4n) is 6.57. The molecule has 7 atom stereocenters. The van der Waals surface area contributed by atoms with Gasteiger partial charge in [0.25, 0.3) is 0 Å². The van der Waals surface area contributed by atoms with Crippen LogP contribution in [-0.2, 0) is 28.6 Å². The van der Waals surface area contributed by atoms with Gasteiger partial charge in [-0.05, 0) is 49.0 Å². The topological polar surface area (TPSA) is 92.0 Å². The zero-order valence-electron chi connectivity index (χ0n) is 18.7. The number of hydrogen-bond acceptors (Lipinski definition) is 7. The molecule has 0 aromatic carbocycles. The van der Waals surface area contributed by atoms with Gasteiger partial charge in [0.15, 0.2) is 5.78 Å². The molecule has 2 heterocycles. The van der Waals surface area contributed by atoms with Crippen LogP contribution in [0.1, 0.15) is 64.5 Å². The zero-order valence-corrected chi connectivity index (χ0v) is 18.7. The summed E-state index contributed by atoms with van der Waals surface area (Å²) in [7, 11) is 1.39. The largest absolute Gasteiger partial charge is 0.472 e. The molecule has 170 valence electrons. The quantitative estimate of drug-likeness (QED) is 0.652. The molecular weight excluding hydrogens is 400 g/mol. The lowest BCUT2D eigenvalue weighted by molar-refractivity contribution is -0.209. The molecule has 0 amide bonds. The number of ether oxygens (including phenoxy) is 3. The van der Waals surface area contributed by atoms with Crippen LogP contribution in [0.15, 0.2) is 23.0 Å². The molecule has 0 bridgehead atoms. The highest BCUT2D eigenvalue weighted by Gasteiger charge is 2.67. The van der Waals surface area contributed by atoms with Crippen molar-refractivity contribution in [2.24, 2.45) is 28.6 Å². The van der Waals surface area contributed by atoms with E-state index in [9.17, 15) is 14.4 Å². The van der Waals surface area contributed by atoms with Crippen LogP contribution in [0.25, 0.3) is 0 Å². The third kappa shape index (κ3) is 3.41. The molecule has 3 aliphatic rings. The van der Waals surface area contributed by atoms with Gasteiger partial charge in [0.1, 0.15) is 12.2 Å². The molecule has 4 rings (SSSR count). The van der Waals surface area contributed by atoms with E-state index in [1.807, 2.05) is 20.8 Å². The number of cyclic esters (lactones) is 1. The molecule has 1 aliphatic heterocycles. The summed E-state index contributed by atoms with van der Waals surface area (Å²) >= 11 is 0. The van der Waals surface area contributed by atoms with Gasteiger partial charge in [-0.3, -0.25) is 14.4 Å². The molecule has 2 saturated carbocycles. The van der Waals surface area contributed by atoms with Crippen molar-refractivity contribution >= 4 is 17.7 Å². The first-order valence-corrected chi connectivity index (χ1v) is 11.2. The first-order chi connectivity index (χ1) is 14.8. The number of rotatable bonds is 5. The van der Waals surface area contributed by atoms with E-state index in [1.165, 1.54) is 7.11 Å². The summed E-state index contributed by atoms with van der Waals surface area (Å²) in [6.45, 7) is 6.47. The molecule has 1 saturated heterocycles. The van der Waals surface area contributed by atoms with Crippen molar-refractivity contribution in [1.29, 1.82) is 0 Å². The summed E-state index contributed by atoms with van der Waals surface area (Å²) in [4.78, 5) is 39.7. The predicted molar refractivity (Wildman–Crippen MR) is 110 cm³/mol. The van der Waals surface area contributed by atoms with Gasteiger partial charge in [-0.2, -0.15) is 0 Å². The normalized spacial score (nSPS) is 39.9. The van der Waals surface area contributed by atoms with Gasteiger partial charge in [-0.1, -0.05) is 20.8 Å². The number of methoxy groups -OCH3 is 1. The van der Waals surface area contributed by atoms with E-state index in [4.69, 9.17) is 18.6 Å². The summed E-state index contributed by atoms with van der Waals surface area (Å²) in [5.74, 6) is -1.92. The fourth-order valence-corrected chi connectivity index (χ4v) is 6.57. The van der Waals surface area contributed by atoms with E-state index in [2.05, 4.69) is 0 Å². The van der Waals surface area contributed by atoms with E-state index >= 15 is 0 Å². The summed E-state index contributed by atoms with van der Waals surface area (Å²) < 4.78 is 22.0. The van der Waals surface area contributed by atoms with Gasteiger partial charge >= 0.3 is 11.9 Å². The molecule has 1 aromatic rings. The van der Waals surface area contributed by atoms with Crippen LogP contribution in [0.4, 0.5) is 0 Å². The average Bonchev–Trinajstić information content (AvgIpc) is 3.26. The van der Waals surface area contributed by atoms with E-state index in [-0.39, 0.29) is 23.6 Å². The van der Waals surface area contributed by atoms with Crippen molar-refractivity contribution in [3.05, 3.63) is 24.2 Å². The van der Waals surface area contributed by atoms with Crippen LogP contribution in [-0.4, -0.2) is 37.5 Å². The SMILES string of the molecule is CCCO[C@H]1C[C@@H](C(=O)OC)[C@]2(C)CCC3C(=O)O[C@H](c4ccoc4)C[C@]3(C)C2C1=O. The van der Waals surface area contributed by atoms with E-state index in [0.29, 0.717) is 32.3 Å². The van der Waals surface area contributed by atoms with Crippen LogP contribution >= 0.6 is 0 Å². The number of carbonyl (C=O) groups excluding carboxylic acids is 3. The van der Waals surface area contributed by atoms with E-state index in [0.717, 1.165) is 12.0 Å². The Labute approximate surface area is 182 Å².